The van der Waals surface area contributed by atoms with Crippen LogP contribution in [0.3, 0.4) is 0 Å². The number of benzene rings is 2. The van der Waals surface area contributed by atoms with Gasteiger partial charge in [0, 0.05) is 46.8 Å². The van der Waals surface area contributed by atoms with E-state index in [1.165, 1.54) is 0 Å². The van der Waals surface area contributed by atoms with Gasteiger partial charge in [0.2, 0.25) is 0 Å². The minimum Gasteiger partial charge on any atom is -0.484 e. The van der Waals surface area contributed by atoms with Crippen molar-refractivity contribution in [3.63, 3.8) is 0 Å². The van der Waals surface area contributed by atoms with Crippen LogP contribution < -0.4 is 4.74 Å². The normalized spacial score (nSPS) is 24.0. The van der Waals surface area contributed by atoms with Gasteiger partial charge in [-0.3, -0.25) is 4.90 Å². The fraction of sp³-hybridized carbons (Fsp3) is 0.318. The van der Waals surface area contributed by atoms with Gasteiger partial charge in [0.15, 0.2) is 0 Å². The molecule has 0 amide bonds. The lowest BCUT2D eigenvalue weighted by Crippen LogP contribution is -2.39. The summed E-state index contributed by atoms with van der Waals surface area (Å²) < 4.78 is 8.43. The van der Waals surface area contributed by atoms with Gasteiger partial charge in [0.1, 0.15) is 11.9 Å². The molecule has 3 aromatic rings. The number of aliphatic hydroxyl groups is 1. The highest BCUT2D eigenvalue weighted by molar-refractivity contribution is 6.35. The number of ether oxygens (including phenoxy) is 1. The van der Waals surface area contributed by atoms with Crippen LogP contribution in [0.4, 0.5) is 0 Å². The van der Waals surface area contributed by atoms with Crippen molar-refractivity contribution >= 4 is 23.2 Å². The molecular weight excluding hydrogens is 409 g/mol. The van der Waals surface area contributed by atoms with Gasteiger partial charge in [-0.2, -0.15) is 0 Å². The van der Waals surface area contributed by atoms with Gasteiger partial charge in [-0.05, 0) is 54.8 Å². The minimum absolute atomic E-state index is 0.117. The van der Waals surface area contributed by atoms with Gasteiger partial charge in [-0.15, -0.1) is 0 Å². The number of halogens is 2. The van der Waals surface area contributed by atoms with E-state index in [4.69, 9.17) is 27.9 Å². The molecule has 0 radical (unpaired) electrons. The van der Waals surface area contributed by atoms with Crippen molar-refractivity contribution in [1.29, 1.82) is 0 Å². The average molecular weight is 430 g/mol. The van der Waals surface area contributed by atoms with Crippen LogP contribution in [0.1, 0.15) is 23.7 Å². The fourth-order valence-corrected chi connectivity index (χ4v) is 4.99. The van der Waals surface area contributed by atoms with Gasteiger partial charge in [-0.1, -0.05) is 23.2 Å². The molecule has 1 aromatic heterocycles. The summed E-state index contributed by atoms with van der Waals surface area (Å²) in [6, 6.07) is 11.8. The summed E-state index contributed by atoms with van der Waals surface area (Å²) in [4.78, 5) is 6.39. The second kappa shape index (κ2) is 7.65. The summed E-state index contributed by atoms with van der Waals surface area (Å²) in [6.45, 7) is 1.51. The Hall–Kier alpha value is -2.05. The number of aliphatic hydroxyl groups excluding tert-OH is 1. The molecule has 150 valence electrons. The van der Waals surface area contributed by atoms with Crippen molar-refractivity contribution in [3.8, 4) is 11.4 Å². The highest BCUT2D eigenvalue weighted by Gasteiger charge is 2.41. The Morgan fingerprint density at radius 1 is 1.14 bits per heavy atom. The largest absolute Gasteiger partial charge is 0.484 e. The van der Waals surface area contributed by atoms with Crippen molar-refractivity contribution in [2.24, 2.45) is 0 Å². The van der Waals surface area contributed by atoms with Crippen LogP contribution in [0.15, 0.2) is 55.1 Å². The van der Waals surface area contributed by atoms with Crippen molar-refractivity contribution in [2.45, 2.75) is 31.1 Å². The van der Waals surface area contributed by atoms with E-state index in [0.717, 1.165) is 42.0 Å². The van der Waals surface area contributed by atoms with Crippen LogP contribution in [0, 0.1) is 0 Å². The third-order valence-corrected chi connectivity index (χ3v) is 6.39. The number of imidazole rings is 1. The summed E-state index contributed by atoms with van der Waals surface area (Å²) in [5.74, 6) is 0.785. The standard InChI is InChI=1S/C22H21Cl2N3O2/c23-14-9-19-18(20(24)10-14)11-21(26-7-5-16(28)12-26)22(19)29-17-3-1-15(2-4-17)27-8-6-25-13-27/h1-4,6,8-10,13,16,21-22,28H,5,7,11-12H2/t16?,21-,22-/m0/s1. The highest BCUT2D eigenvalue weighted by atomic mass is 35.5. The summed E-state index contributed by atoms with van der Waals surface area (Å²) in [7, 11) is 0. The third-order valence-electron chi connectivity index (χ3n) is 5.83. The fourth-order valence-electron chi connectivity index (χ4n) is 4.40. The summed E-state index contributed by atoms with van der Waals surface area (Å²) in [5, 5.41) is 11.3. The Labute approximate surface area is 179 Å². The van der Waals surface area contributed by atoms with Crippen LogP contribution in [-0.4, -0.2) is 44.8 Å². The predicted octanol–water partition coefficient (Wildman–Crippen LogP) is 4.29. The predicted molar refractivity (Wildman–Crippen MR) is 113 cm³/mol. The summed E-state index contributed by atoms with van der Waals surface area (Å²) in [5.41, 5.74) is 3.14. The topological polar surface area (TPSA) is 50.5 Å². The first kappa shape index (κ1) is 18.9. The molecule has 2 heterocycles. The highest BCUT2D eigenvalue weighted by Crippen LogP contribution is 2.43. The van der Waals surface area contributed by atoms with Gasteiger partial charge in [0.25, 0.3) is 0 Å². The molecule has 0 spiro atoms. The number of hydrogen-bond donors (Lipinski definition) is 1. The number of nitrogens with zero attached hydrogens (tertiary/aromatic N) is 3. The number of hydrogen-bond acceptors (Lipinski definition) is 4. The Kier molecular flexibility index (Phi) is 5.00. The Morgan fingerprint density at radius 2 is 1.97 bits per heavy atom. The third kappa shape index (κ3) is 3.64. The smallest absolute Gasteiger partial charge is 0.140 e. The second-order valence-corrected chi connectivity index (χ2v) is 8.51. The van der Waals surface area contributed by atoms with E-state index in [-0.39, 0.29) is 18.2 Å². The maximum atomic E-state index is 10.0. The van der Waals surface area contributed by atoms with Crippen LogP contribution in [-0.2, 0) is 6.42 Å². The second-order valence-electron chi connectivity index (χ2n) is 7.67. The molecule has 2 aliphatic rings. The SMILES string of the molecule is OC1CCN([C@H]2Cc3c(Cl)cc(Cl)cc3[C@@H]2Oc2ccc(-n3ccnc3)cc2)C1. The van der Waals surface area contributed by atoms with Crippen LogP contribution in [0.25, 0.3) is 5.69 Å². The van der Waals surface area contributed by atoms with Crippen molar-refractivity contribution in [2.75, 3.05) is 13.1 Å². The molecule has 7 heteroatoms. The molecule has 1 aliphatic heterocycles. The van der Waals surface area contributed by atoms with E-state index in [0.29, 0.717) is 16.6 Å². The van der Waals surface area contributed by atoms with Gasteiger partial charge < -0.3 is 14.4 Å². The Bertz CT molecular complexity index is 1010. The van der Waals surface area contributed by atoms with Gasteiger partial charge >= 0.3 is 0 Å². The molecule has 2 aromatic carbocycles. The molecule has 3 atom stereocenters. The molecule has 1 N–H and O–H groups in total. The maximum absolute atomic E-state index is 10.0. The first-order valence-electron chi connectivity index (χ1n) is 9.73. The number of aromatic nitrogens is 2. The van der Waals surface area contributed by atoms with E-state index in [2.05, 4.69) is 9.88 Å². The molecule has 0 saturated carbocycles. The zero-order valence-electron chi connectivity index (χ0n) is 15.7. The van der Waals surface area contributed by atoms with E-state index in [1.807, 2.05) is 41.1 Å². The van der Waals surface area contributed by atoms with Crippen molar-refractivity contribution < 1.29 is 9.84 Å². The van der Waals surface area contributed by atoms with Gasteiger partial charge in [-0.25, -0.2) is 4.98 Å². The average Bonchev–Trinajstić information content (AvgIpc) is 3.44. The van der Waals surface area contributed by atoms with E-state index >= 15 is 0 Å². The number of likely N-dealkylation sites (tertiary alicyclic amines) is 1. The minimum atomic E-state index is -0.284. The van der Waals surface area contributed by atoms with Crippen molar-refractivity contribution in [1.82, 2.24) is 14.5 Å². The zero-order valence-corrected chi connectivity index (χ0v) is 17.2. The Morgan fingerprint density at radius 3 is 2.66 bits per heavy atom. The lowest BCUT2D eigenvalue weighted by Gasteiger charge is -2.30. The quantitative estimate of drug-likeness (QED) is 0.671. The first-order valence-corrected chi connectivity index (χ1v) is 10.5. The van der Waals surface area contributed by atoms with E-state index in [1.54, 1.807) is 18.6 Å². The molecule has 0 bridgehead atoms. The van der Waals surface area contributed by atoms with Crippen LogP contribution >= 0.6 is 23.2 Å². The zero-order chi connectivity index (χ0) is 20.0. The Balaban J connectivity index is 1.45. The van der Waals surface area contributed by atoms with Crippen LogP contribution in [0.5, 0.6) is 5.75 Å². The lowest BCUT2D eigenvalue weighted by molar-refractivity contribution is 0.0818. The van der Waals surface area contributed by atoms with E-state index < -0.39 is 0 Å². The molecule has 1 saturated heterocycles. The van der Waals surface area contributed by atoms with E-state index in [9.17, 15) is 5.11 Å². The van der Waals surface area contributed by atoms with Gasteiger partial charge in [0.05, 0.1) is 18.5 Å². The first-order chi connectivity index (χ1) is 14.1. The molecule has 29 heavy (non-hydrogen) atoms. The molecule has 1 unspecified atom stereocenters. The molecule has 1 aliphatic carbocycles. The molecular formula is C22H21Cl2N3O2. The summed E-state index contributed by atoms with van der Waals surface area (Å²) >= 11 is 12.8. The molecule has 1 fully saturated rings. The lowest BCUT2D eigenvalue weighted by atomic mass is 10.1. The maximum Gasteiger partial charge on any atom is 0.140 e. The summed E-state index contributed by atoms with van der Waals surface area (Å²) in [6.07, 6.45) is 6.52. The molecule has 5 rings (SSSR count). The molecule has 5 nitrogen and oxygen atoms in total. The number of rotatable bonds is 4. The monoisotopic (exact) mass is 429 g/mol. The number of β-amino-alcohol motifs (C(OH)–C–C–N with tert-alkyl or cyclic N) is 1. The van der Waals surface area contributed by atoms with Crippen molar-refractivity contribution in [3.05, 3.63) is 76.3 Å². The van der Waals surface area contributed by atoms with Crippen LogP contribution in [0.2, 0.25) is 10.0 Å². The number of fused-ring (bicyclic) bond motifs is 1.